The van der Waals surface area contributed by atoms with Crippen LogP contribution >= 0.6 is 0 Å². The van der Waals surface area contributed by atoms with Crippen LogP contribution in [0.15, 0.2) is 4.42 Å². The first-order valence-electron chi connectivity index (χ1n) is 7.21. The van der Waals surface area contributed by atoms with E-state index in [-0.39, 0.29) is 11.8 Å². The summed E-state index contributed by atoms with van der Waals surface area (Å²) in [7, 11) is 0. The van der Waals surface area contributed by atoms with Crippen molar-refractivity contribution in [3.05, 3.63) is 11.8 Å². The summed E-state index contributed by atoms with van der Waals surface area (Å²) in [5.74, 6) is 1.11. The van der Waals surface area contributed by atoms with Crippen LogP contribution in [0.1, 0.15) is 69.1 Å². The number of carbonyl (C=O) groups is 1. The summed E-state index contributed by atoms with van der Waals surface area (Å²) in [4.78, 5) is 11.1. The molecular weight excluding hydrogens is 244 g/mol. The molecule has 0 bridgehead atoms. The van der Waals surface area contributed by atoms with E-state index in [1.807, 2.05) is 0 Å². The van der Waals surface area contributed by atoms with Gasteiger partial charge in [-0.3, -0.25) is 4.79 Å². The van der Waals surface area contributed by atoms with Gasteiger partial charge < -0.3 is 9.52 Å². The Kier molecular flexibility index (Phi) is 3.29. The summed E-state index contributed by atoms with van der Waals surface area (Å²) in [6.07, 6.45) is 8.50. The van der Waals surface area contributed by atoms with Crippen LogP contribution in [-0.2, 0) is 11.2 Å². The fraction of sp³-hybridized carbons (Fsp3) is 0.786. The van der Waals surface area contributed by atoms with Gasteiger partial charge in [0.25, 0.3) is 0 Å². The third-order valence-corrected chi connectivity index (χ3v) is 4.65. The van der Waals surface area contributed by atoms with Crippen molar-refractivity contribution in [3.8, 4) is 0 Å². The molecule has 0 unspecified atom stereocenters. The molecular formula is C14H20N2O3. The minimum atomic E-state index is -0.722. The van der Waals surface area contributed by atoms with Crippen LogP contribution in [0, 0.1) is 5.41 Å². The molecule has 0 aliphatic heterocycles. The standard InChI is InChI=1S/C14H20N2O3/c17-12(18)9-14(6-1-2-7-14)8-11-15-16-13(19-11)10-4-3-5-10/h10H,1-9H2,(H,17,18). The smallest absolute Gasteiger partial charge is 0.303 e. The summed E-state index contributed by atoms with van der Waals surface area (Å²) in [5, 5.41) is 17.3. The van der Waals surface area contributed by atoms with E-state index in [9.17, 15) is 4.79 Å². The van der Waals surface area contributed by atoms with Gasteiger partial charge in [0.2, 0.25) is 11.8 Å². The second kappa shape index (κ2) is 4.94. The van der Waals surface area contributed by atoms with Crippen LogP contribution in [0.3, 0.4) is 0 Å². The van der Waals surface area contributed by atoms with Crippen molar-refractivity contribution in [1.82, 2.24) is 10.2 Å². The van der Waals surface area contributed by atoms with E-state index in [0.717, 1.165) is 44.4 Å². The average molecular weight is 264 g/mol. The lowest BCUT2D eigenvalue weighted by atomic mass is 9.79. The number of carboxylic acids is 1. The Morgan fingerprint density at radius 1 is 1.26 bits per heavy atom. The number of hydrogen-bond acceptors (Lipinski definition) is 4. The van der Waals surface area contributed by atoms with E-state index >= 15 is 0 Å². The van der Waals surface area contributed by atoms with Crippen LogP contribution in [0.4, 0.5) is 0 Å². The highest BCUT2D eigenvalue weighted by Crippen LogP contribution is 2.44. The van der Waals surface area contributed by atoms with Crippen molar-refractivity contribution in [2.75, 3.05) is 0 Å². The largest absolute Gasteiger partial charge is 0.481 e. The predicted octanol–water partition coefficient (Wildman–Crippen LogP) is 2.91. The molecule has 5 heteroatoms. The van der Waals surface area contributed by atoms with Crippen molar-refractivity contribution in [1.29, 1.82) is 0 Å². The summed E-state index contributed by atoms with van der Waals surface area (Å²) >= 11 is 0. The quantitative estimate of drug-likeness (QED) is 0.884. The normalized spacial score (nSPS) is 22.3. The number of nitrogens with zero attached hydrogens (tertiary/aromatic N) is 2. The molecule has 2 aliphatic rings. The number of hydrogen-bond donors (Lipinski definition) is 1. The highest BCUT2D eigenvalue weighted by Gasteiger charge is 2.38. The van der Waals surface area contributed by atoms with Crippen molar-refractivity contribution in [3.63, 3.8) is 0 Å². The Morgan fingerprint density at radius 3 is 2.58 bits per heavy atom. The van der Waals surface area contributed by atoms with Crippen LogP contribution in [-0.4, -0.2) is 21.3 Å². The lowest BCUT2D eigenvalue weighted by molar-refractivity contribution is -0.139. The first-order valence-corrected chi connectivity index (χ1v) is 7.21. The van der Waals surface area contributed by atoms with Crippen LogP contribution in [0.25, 0.3) is 0 Å². The van der Waals surface area contributed by atoms with E-state index in [0.29, 0.717) is 18.2 Å². The molecule has 1 aromatic rings. The Labute approximate surface area is 112 Å². The SMILES string of the molecule is O=C(O)CC1(Cc2nnc(C3CCC3)o2)CCCC1. The molecule has 0 saturated heterocycles. The molecule has 0 atom stereocenters. The minimum Gasteiger partial charge on any atom is -0.481 e. The Morgan fingerprint density at radius 2 is 2.00 bits per heavy atom. The molecule has 104 valence electrons. The van der Waals surface area contributed by atoms with Gasteiger partial charge in [-0.25, -0.2) is 0 Å². The van der Waals surface area contributed by atoms with Crippen molar-refractivity contribution >= 4 is 5.97 Å². The van der Waals surface area contributed by atoms with Crippen molar-refractivity contribution in [2.24, 2.45) is 5.41 Å². The van der Waals surface area contributed by atoms with E-state index < -0.39 is 5.97 Å². The molecule has 1 N–H and O–H groups in total. The van der Waals surface area contributed by atoms with Crippen LogP contribution in [0.2, 0.25) is 0 Å². The molecule has 0 spiro atoms. The molecule has 2 fully saturated rings. The van der Waals surface area contributed by atoms with Gasteiger partial charge >= 0.3 is 5.97 Å². The molecule has 5 nitrogen and oxygen atoms in total. The minimum absolute atomic E-state index is 0.157. The first-order chi connectivity index (χ1) is 9.17. The Balaban J connectivity index is 1.70. The summed E-state index contributed by atoms with van der Waals surface area (Å²) in [5.41, 5.74) is -0.157. The average Bonchev–Trinajstić information content (AvgIpc) is 2.86. The molecule has 3 rings (SSSR count). The van der Waals surface area contributed by atoms with Crippen LogP contribution in [0.5, 0.6) is 0 Å². The molecule has 2 aliphatic carbocycles. The zero-order chi connectivity index (χ0) is 13.3. The van der Waals surface area contributed by atoms with Gasteiger partial charge in [0.05, 0.1) is 6.42 Å². The topological polar surface area (TPSA) is 76.2 Å². The Bertz CT molecular complexity index is 459. The summed E-state index contributed by atoms with van der Waals surface area (Å²) in [6, 6.07) is 0. The lowest BCUT2D eigenvalue weighted by Crippen LogP contribution is -2.24. The second-order valence-corrected chi connectivity index (χ2v) is 6.12. The molecule has 1 aromatic heterocycles. The Hall–Kier alpha value is -1.39. The second-order valence-electron chi connectivity index (χ2n) is 6.12. The summed E-state index contributed by atoms with van der Waals surface area (Å²) in [6.45, 7) is 0. The zero-order valence-corrected chi connectivity index (χ0v) is 11.1. The van der Waals surface area contributed by atoms with Gasteiger partial charge in [0.1, 0.15) is 0 Å². The molecule has 2 saturated carbocycles. The fourth-order valence-electron chi connectivity index (χ4n) is 3.34. The third kappa shape index (κ3) is 2.65. The number of aliphatic carboxylic acids is 1. The van der Waals surface area contributed by atoms with E-state index in [1.54, 1.807) is 0 Å². The highest BCUT2D eigenvalue weighted by molar-refractivity contribution is 5.67. The van der Waals surface area contributed by atoms with Crippen LogP contribution < -0.4 is 0 Å². The third-order valence-electron chi connectivity index (χ3n) is 4.65. The maximum atomic E-state index is 11.1. The molecule has 0 aromatic carbocycles. The van der Waals surface area contributed by atoms with E-state index in [2.05, 4.69) is 10.2 Å². The van der Waals surface area contributed by atoms with E-state index in [1.165, 1.54) is 6.42 Å². The monoisotopic (exact) mass is 264 g/mol. The molecule has 1 heterocycles. The van der Waals surface area contributed by atoms with E-state index in [4.69, 9.17) is 9.52 Å². The highest BCUT2D eigenvalue weighted by atomic mass is 16.4. The van der Waals surface area contributed by atoms with Crippen molar-refractivity contribution in [2.45, 2.75) is 63.7 Å². The molecule has 0 radical (unpaired) electrons. The summed E-state index contributed by atoms with van der Waals surface area (Å²) < 4.78 is 5.74. The maximum Gasteiger partial charge on any atom is 0.303 e. The van der Waals surface area contributed by atoms with Gasteiger partial charge in [0, 0.05) is 12.3 Å². The van der Waals surface area contributed by atoms with Crippen molar-refractivity contribution < 1.29 is 14.3 Å². The molecule has 0 amide bonds. The van der Waals surface area contributed by atoms with Gasteiger partial charge in [-0.15, -0.1) is 10.2 Å². The first kappa shape index (κ1) is 12.6. The van der Waals surface area contributed by atoms with Gasteiger partial charge in [-0.05, 0) is 31.1 Å². The number of aromatic nitrogens is 2. The van der Waals surface area contributed by atoms with Gasteiger partial charge in [-0.1, -0.05) is 19.3 Å². The predicted molar refractivity (Wildman–Crippen MR) is 67.7 cm³/mol. The number of rotatable bonds is 5. The number of carboxylic acid groups (broad SMARTS) is 1. The maximum absolute atomic E-state index is 11.1. The molecule has 19 heavy (non-hydrogen) atoms. The van der Waals surface area contributed by atoms with Gasteiger partial charge in [0.15, 0.2) is 0 Å². The zero-order valence-electron chi connectivity index (χ0n) is 11.1. The van der Waals surface area contributed by atoms with Gasteiger partial charge in [-0.2, -0.15) is 0 Å². The fourth-order valence-corrected chi connectivity index (χ4v) is 3.34. The lowest BCUT2D eigenvalue weighted by Gasteiger charge is -2.25.